The molecule has 0 saturated carbocycles. The maximum Gasteiger partial charge on any atom is 0.397 e. The molecule has 0 bridgehead atoms. The molecular weight excluding hydrogens is 233 g/mol. The first-order valence-electron chi connectivity index (χ1n) is 4.93. The average molecular weight is 246 g/mol. The molecule has 0 spiro atoms. The van der Waals surface area contributed by atoms with Gasteiger partial charge in [-0.25, -0.2) is 0 Å². The lowest BCUT2D eigenvalue weighted by Gasteiger charge is -2.14. The highest BCUT2D eigenvalue weighted by atomic mass is 19.4. The molecule has 17 heavy (non-hydrogen) atoms. The van der Waals surface area contributed by atoms with Crippen molar-refractivity contribution in [1.29, 1.82) is 0 Å². The topological polar surface area (TPSA) is 55.1 Å². The molecule has 0 unspecified atom stereocenters. The lowest BCUT2D eigenvalue weighted by Crippen LogP contribution is -2.22. The van der Waals surface area contributed by atoms with Crippen molar-refractivity contribution in [2.24, 2.45) is 0 Å². The molecule has 3 N–H and O–H groups in total. The van der Waals surface area contributed by atoms with E-state index in [1.807, 2.05) is 0 Å². The fourth-order valence-electron chi connectivity index (χ4n) is 1.37. The molecule has 0 aromatic heterocycles. The van der Waals surface area contributed by atoms with Crippen molar-refractivity contribution in [1.82, 2.24) is 0 Å². The Labute approximate surface area is 96.8 Å². The SMILES string of the molecule is Cc1ccc(N)c(NC(=O)CC(F)(F)F)c1C. The highest BCUT2D eigenvalue weighted by Gasteiger charge is 2.31. The van der Waals surface area contributed by atoms with Crippen LogP contribution in [0, 0.1) is 13.8 Å². The number of carbonyl (C=O) groups excluding carboxylic acids is 1. The second-order valence-corrected chi connectivity index (χ2v) is 3.81. The molecule has 0 atom stereocenters. The first kappa shape index (κ1) is 13.3. The van der Waals surface area contributed by atoms with Crippen molar-refractivity contribution in [3.8, 4) is 0 Å². The van der Waals surface area contributed by atoms with Gasteiger partial charge in [-0.05, 0) is 31.0 Å². The zero-order valence-electron chi connectivity index (χ0n) is 9.48. The van der Waals surface area contributed by atoms with Gasteiger partial charge in [0.1, 0.15) is 6.42 Å². The highest BCUT2D eigenvalue weighted by molar-refractivity contribution is 5.95. The molecule has 1 amide bonds. The molecule has 3 nitrogen and oxygen atoms in total. The fourth-order valence-corrected chi connectivity index (χ4v) is 1.37. The maximum atomic E-state index is 12.0. The van der Waals surface area contributed by atoms with Crippen molar-refractivity contribution in [3.63, 3.8) is 0 Å². The predicted molar refractivity (Wildman–Crippen MR) is 59.6 cm³/mol. The summed E-state index contributed by atoms with van der Waals surface area (Å²) in [5, 5.41) is 2.19. The smallest absolute Gasteiger partial charge is 0.397 e. The monoisotopic (exact) mass is 246 g/mol. The summed E-state index contributed by atoms with van der Waals surface area (Å²) in [6.45, 7) is 3.48. The second-order valence-electron chi connectivity index (χ2n) is 3.81. The summed E-state index contributed by atoms with van der Waals surface area (Å²) in [5.74, 6) is -1.11. The van der Waals surface area contributed by atoms with Crippen LogP contribution in [0.2, 0.25) is 0 Å². The van der Waals surface area contributed by atoms with E-state index in [9.17, 15) is 18.0 Å². The Morgan fingerprint density at radius 2 is 1.94 bits per heavy atom. The van der Waals surface area contributed by atoms with Gasteiger partial charge in [0.25, 0.3) is 0 Å². The van der Waals surface area contributed by atoms with Gasteiger partial charge in [-0.2, -0.15) is 13.2 Å². The minimum atomic E-state index is -4.52. The quantitative estimate of drug-likeness (QED) is 0.788. The molecule has 0 aliphatic heterocycles. The maximum absolute atomic E-state index is 12.0. The number of benzene rings is 1. The van der Waals surface area contributed by atoms with Gasteiger partial charge in [0.15, 0.2) is 0 Å². The second kappa shape index (κ2) is 4.65. The van der Waals surface area contributed by atoms with E-state index in [0.29, 0.717) is 5.56 Å². The standard InChI is InChI=1S/C11H13F3N2O/c1-6-3-4-8(15)10(7(6)2)16-9(17)5-11(12,13)14/h3-4H,5,15H2,1-2H3,(H,16,17). The zero-order valence-corrected chi connectivity index (χ0v) is 9.48. The molecule has 1 aromatic carbocycles. The zero-order chi connectivity index (χ0) is 13.2. The summed E-state index contributed by atoms with van der Waals surface area (Å²) in [6, 6.07) is 3.29. The van der Waals surface area contributed by atoms with Crippen LogP contribution < -0.4 is 11.1 Å². The van der Waals surface area contributed by atoms with Gasteiger partial charge >= 0.3 is 6.18 Å². The number of aryl methyl sites for hydroxylation is 1. The highest BCUT2D eigenvalue weighted by Crippen LogP contribution is 2.27. The fraction of sp³-hybridized carbons (Fsp3) is 0.364. The Bertz CT molecular complexity index is 441. The first-order chi connectivity index (χ1) is 7.70. The minimum absolute atomic E-state index is 0.249. The van der Waals surface area contributed by atoms with Crippen LogP contribution in [0.25, 0.3) is 0 Å². The number of hydrogen-bond donors (Lipinski definition) is 2. The van der Waals surface area contributed by atoms with Crippen molar-refractivity contribution in [2.75, 3.05) is 11.1 Å². The van der Waals surface area contributed by atoms with E-state index >= 15 is 0 Å². The number of nitrogens with two attached hydrogens (primary N) is 1. The van der Waals surface area contributed by atoms with E-state index in [1.54, 1.807) is 26.0 Å². The van der Waals surface area contributed by atoms with Crippen LogP contribution in [0.1, 0.15) is 17.5 Å². The molecule has 1 rings (SSSR count). The van der Waals surface area contributed by atoms with Crippen LogP contribution in [-0.2, 0) is 4.79 Å². The molecule has 6 heteroatoms. The number of carbonyl (C=O) groups is 1. The third-order valence-electron chi connectivity index (χ3n) is 2.39. The normalized spacial score (nSPS) is 11.4. The summed E-state index contributed by atoms with van der Waals surface area (Å²) in [5.41, 5.74) is 7.62. The number of nitrogens with one attached hydrogen (secondary N) is 1. The summed E-state index contributed by atoms with van der Waals surface area (Å²) in [4.78, 5) is 11.2. The first-order valence-corrected chi connectivity index (χ1v) is 4.93. The van der Waals surface area contributed by atoms with Gasteiger partial charge < -0.3 is 11.1 Å². The molecule has 0 fully saturated rings. The molecule has 0 saturated heterocycles. The summed E-state index contributed by atoms with van der Waals surface area (Å²) >= 11 is 0. The van der Waals surface area contributed by atoms with Crippen LogP contribution in [0.5, 0.6) is 0 Å². The number of amides is 1. The molecule has 1 aromatic rings. The number of hydrogen-bond acceptors (Lipinski definition) is 2. The van der Waals surface area contributed by atoms with E-state index in [-0.39, 0.29) is 11.4 Å². The Balaban J connectivity index is 2.89. The van der Waals surface area contributed by atoms with E-state index < -0.39 is 18.5 Å². The molecule has 0 aliphatic carbocycles. The minimum Gasteiger partial charge on any atom is -0.397 e. The number of halogens is 3. The molecule has 0 aliphatic rings. The van der Waals surface area contributed by atoms with Crippen LogP contribution >= 0.6 is 0 Å². The van der Waals surface area contributed by atoms with E-state index in [4.69, 9.17) is 5.73 Å². The molecular formula is C11H13F3N2O. The van der Waals surface area contributed by atoms with E-state index in [2.05, 4.69) is 5.32 Å². The van der Waals surface area contributed by atoms with Crippen molar-refractivity contribution in [2.45, 2.75) is 26.4 Å². The number of nitrogen functional groups attached to an aromatic ring is 1. The van der Waals surface area contributed by atoms with E-state index in [0.717, 1.165) is 5.56 Å². The Kier molecular flexibility index (Phi) is 3.65. The number of rotatable bonds is 2. The average Bonchev–Trinajstić information content (AvgIpc) is 2.16. The molecule has 0 heterocycles. The van der Waals surface area contributed by atoms with Gasteiger partial charge in [0, 0.05) is 0 Å². The van der Waals surface area contributed by atoms with Crippen molar-refractivity contribution < 1.29 is 18.0 Å². The Morgan fingerprint density at radius 1 is 1.35 bits per heavy atom. The largest absolute Gasteiger partial charge is 0.397 e. The van der Waals surface area contributed by atoms with Crippen LogP contribution in [0.15, 0.2) is 12.1 Å². The molecule has 94 valence electrons. The van der Waals surface area contributed by atoms with Gasteiger partial charge in [-0.15, -0.1) is 0 Å². The third kappa shape index (κ3) is 3.65. The van der Waals surface area contributed by atoms with Crippen LogP contribution in [0.4, 0.5) is 24.5 Å². The van der Waals surface area contributed by atoms with Gasteiger partial charge in [0.05, 0.1) is 11.4 Å². The lowest BCUT2D eigenvalue weighted by atomic mass is 10.1. The van der Waals surface area contributed by atoms with Crippen LogP contribution in [-0.4, -0.2) is 12.1 Å². The lowest BCUT2D eigenvalue weighted by molar-refractivity contribution is -0.150. The summed E-state index contributed by atoms with van der Waals surface area (Å²) in [7, 11) is 0. The number of anilines is 2. The van der Waals surface area contributed by atoms with Gasteiger partial charge in [-0.1, -0.05) is 6.07 Å². The van der Waals surface area contributed by atoms with E-state index in [1.165, 1.54) is 0 Å². The van der Waals surface area contributed by atoms with Crippen molar-refractivity contribution >= 4 is 17.3 Å². The third-order valence-corrected chi connectivity index (χ3v) is 2.39. The van der Waals surface area contributed by atoms with Gasteiger partial charge in [-0.3, -0.25) is 4.79 Å². The Morgan fingerprint density at radius 3 is 2.47 bits per heavy atom. The Hall–Kier alpha value is -1.72. The molecule has 0 radical (unpaired) electrons. The summed E-state index contributed by atoms with van der Waals surface area (Å²) < 4.78 is 36.0. The predicted octanol–water partition coefficient (Wildman–Crippen LogP) is 2.78. The number of alkyl halides is 3. The van der Waals surface area contributed by atoms with Gasteiger partial charge in [0.2, 0.25) is 5.91 Å². The van der Waals surface area contributed by atoms with Crippen molar-refractivity contribution in [3.05, 3.63) is 23.3 Å². The summed E-state index contributed by atoms with van der Waals surface area (Å²) in [6.07, 6.45) is -6.03. The van der Waals surface area contributed by atoms with Crippen LogP contribution in [0.3, 0.4) is 0 Å².